The van der Waals surface area contributed by atoms with Crippen molar-refractivity contribution < 1.29 is 9.15 Å². The van der Waals surface area contributed by atoms with Crippen LogP contribution in [-0.4, -0.2) is 32.3 Å². The third-order valence-electron chi connectivity index (χ3n) is 4.81. The highest BCUT2D eigenvalue weighted by molar-refractivity contribution is 14.0. The smallest absolute Gasteiger partial charge is 0.191 e. The van der Waals surface area contributed by atoms with Crippen LogP contribution in [0.1, 0.15) is 31.1 Å². The van der Waals surface area contributed by atoms with Crippen LogP contribution in [0.2, 0.25) is 5.02 Å². The third kappa shape index (κ3) is 5.86. The van der Waals surface area contributed by atoms with Gasteiger partial charge in [0.05, 0.1) is 6.26 Å². The first-order valence-electron chi connectivity index (χ1n) is 9.11. The van der Waals surface area contributed by atoms with Crippen LogP contribution >= 0.6 is 35.6 Å². The highest BCUT2D eigenvalue weighted by atomic mass is 127. The van der Waals surface area contributed by atoms with Gasteiger partial charge in [-0.05, 0) is 43.5 Å². The molecule has 0 aliphatic carbocycles. The van der Waals surface area contributed by atoms with Crippen molar-refractivity contribution in [2.45, 2.75) is 31.7 Å². The number of halogens is 2. The van der Waals surface area contributed by atoms with Crippen molar-refractivity contribution in [3.63, 3.8) is 0 Å². The summed E-state index contributed by atoms with van der Waals surface area (Å²) in [6.45, 7) is 5.60. The quantitative estimate of drug-likeness (QED) is 0.349. The van der Waals surface area contributed by atoms with Gasteiger partial charge in [0.1, 0.15) is 12.3 Å². The molecule has 1 aliphatic heterocycles. The minimum absolute atomic E-state index is 0. The molecule has 0 unspecified atom stereocenters. The van der Waals surface area contributed by atoms with Crippen molar-refractivity contribution in [2.75, 3.05) is 26.3 Å². The second kappa shape index (κ2) is 10.9. The van der Waals surface area contributed by atoms with Gasteiger partial charge in [-0.1, -0.05) is 29.8 Å². The second-order valence-corrected chi connectivity index (χ2v) is 6.91. The fraction of sp³-hybridized carbons (Fsp3) is 0.450. The van der Waals surface area contributed by atoms with Gasteiger partial charge in [0.15, 0.2) is 5.96 Å². The summed E-state index contributed by atoms with van der Waals surface area (Å²) >= 11 is 6.53. The number of furan rings is 1. The average molecular weight is 504 g/mol. The van der Waals surface area contributed by atoms with Gasteiger partial charge in [-0.15, -0.1) is 24.0 Å². The number of aliphatic imine (C=N–C) groups is 1. The Balaban J connectivity index is 0.00000261. The number of guanidine groups is 1. The zero-order chi connectivity index (χ0) is 18.2. The van der Waals surface area contributed by atoms with Crippen molar-refractivity contribution >= 4 is 41.5 Å². The molecule has 27 heavy (non-hydrogen) atoms. The lowest BCUT2D eigenvalue weighted by atomic mass is 9.74. The molecular formula is C20H27ClIN3O2. The predicted octanol–water partition coefficient (Wildman–Crippen LogP) is 4.35. The van der Waals surface area contributed by atoms with Crippen LogP contribution in [0.5, 0.6) is 0 Å². The molecule has 0 spiro atoms. The molecule has 2 aromatic rings. The van der Waals surface area contributed by atoms with Crippen molar-refractivity contribution in [1.29, 1.82) is 0 Å². The first-order valence-corrected chi connectivity index (χ1v) is 9.49. The number of nitrogens with zero attached hydrogens (tertiary/aromatic N) is 1. The van der Waals surface area contributed by atoms with Crippen LogP contribution in [0, 0.1) is 0 Å². The van der Waals surface area contributed by atoms with E-state index < -0.39 is 0 Å². The molecule has 0 saturated carbocycles. The second-order valence-electron chi connectivity index (χ2n) is 6.50. The average Bonchev–Trinajstić information content (AvgIpc) is 3.19. The molecule has 1 saturated heterocycles. The number of ether oxygens (including phenoxy) is 1. The molecule has 1 fully saturated rings. The maximum absolute atomic E-state index is 6.53. The van der Waals surface area contributed by atoms with Gasteiger partial charge in [0.25, 0.3) is 0 Å². The third-order valence-corrected chi connectivity index (χ3v) is 5.14. The van der Waals surface area contributed by atoms with Crippen LogP contribution in [0.15, 0.2) is 52.1 Å². The zero-order valence-corrected chi connectivity index (χ0v) is 18.6. The summed E-state index contributed by atoms with van der Waals surface area (Å²) in [6, 6.07) is 11.9. The van der Waals surface area contributed by atoms with Crippen LogP contribution in [0.4, 0.5) is 0 Å². The highest BCUT2D eigenvalue weighted by Crippen LogP contribution is 2.38. The summed E-state index contributed by atoms with van der Waals surface area (Å²) in [5.74, 6) is 1.62. The molecule has 1 aromatic carbocycles. The maximum Gasteiger partial charge on any atom is 0.191 e. The van der Waals surface area contributed by atoms with Gasteiger partial charge < -0.3 is 19.8 Å². The summed E-state index contributed by atoms with van der Waals surface area (Å²) in [4.78, 5) is 4.62. The fourth-order valence-corrected chi connectivity index (χ4v) is 3.69. The number of rotatable bonds is 6. The van der Waals surface area contributed by atoms with Crippen LogP contribution in [-0.2, 0) is 16.7 Å². The first kappa shape index (κ1) is 22.0. The van der Waals surface area contributed by atoms with E-state index in [1.807, 2.05) is 24.3 Å². The molecule has 5 nitrogen and oxygen atoms in total. The van der Waals surface area contributed by atoms with E-state index >= 15 is 0 Å². The molecule has 0 radical (unpaired) electrons. The number of benzene rings is 1. The van der Waals surface area contributed by atoms with Gasteiger partial charge in [0.2, 0.25) is 0 Å². The predicted molar refractivity (Wildman–Crippen MR) is 120 cm³/mol. The summed E-state index contributed by atoms with van der Waals surface area (Å²) in [6.07, 6.45) is 3.53. The molecule has 2 heterocycles. The van der Waals surface area contributed by atoms with Gasteiger partial charge in [0, 0.05) is 36.7 Å². The number of hydrogen-bond donors (Lipinski definition) is 2. The normalized spacial score (nSPS) is 16.4. The van der Waals surface area contributed by atoms with E-state index in [0.717, 1.165) is 55.9 Å². The van der Waals surface area contributed by atoms with Crippen LogP contribution < -0.4 is 10.6 Å². The largest absolute Gasteiger partial charge is 0.467 e. The monoisotopic (exact) mass is 503 g/mol. The van der Waals surface area contributed by atoms with Crippen LogP contribution in [0.25, 0.3) is 0 Å². The van der Waals surface area contributed by atoms with Crippen LogP contribution in [0.3, 0.4) is 0 Å². The Labute approximate surface area is 182 Å². The Morgan fingerprint density at radius 2 is 1.93 bits per heavy atom. The molecule has 7 heteroatoms. The van der Waals surface area contributed by atoms with Gasteiger partial charge >= 0.3 is 0 Å². The minimum Gasteiger partial charge on any atom is -0.467 e. The Kier molecular flexibility index (Phi) is 8.92. The lowest BCUT2D eigenvalue weighted by molar-refractivity contribution is 0.0514. The summed E-state index contributed by atoms with van der Waals surface area (Å²) in [5, 5.41) is 7.62. The van der Waals surface area contributed by atoms with E-state index in [1.54, 1.807) is 6.26 Å². The zero-order valence-electron chi connectivity index (χ0n) is 15.5. The minimum atomic E-state index is -0.0581. The summed E-state index contributed by atoms with van der Waals surface area (Å²) in [5.41, 5.74) is 1.12. The lowest BCUT2D eigenvalue weighted by Gasteiger charge is -2.38. The Bertz CT molecular complexity index is 716. The SMILES string of the molecule is CCNC(=NCc1ccco1)NCC1(c2ccccc2Cl)CCOCC1.I. The van der Waals surface area contributed by atoms with Gasteiger partial charge in [-0.2, -0.15) is 0 Å². The Morgan fingerprint density at radius 3 is 2.59 bits per heavy atom. The molecule has 2 N–H and O–H groups in total. The maximum atomic E-state index is 6.53. The topological polar surface area (TPSA) is 58.8 Å². The lowest BCUT2D eigenvalue weighted by Crippen LogP contribution is -2.48. The standard InChI is InChI=1S/C20H26ClN3O2.HI/c1-2-22-19(23-14-16-6-5-11-26-16)24-15-20(9-12-25-13-10-20)17-7-3-4-8-18(17)21;/h3-8,11H,2,9-10,12-15H2,1H3,(H2,22,23,24);1H. The summed E-state index contributed by atoms with van der Waals surface area (Å²) < 4.78 is 11.0. The molecule has 1 aliphatic rings. The Hall–Kier alpha value is -1.25. The fourth-order valence-electron chi connectivity index (χ4n) is 3.35. The molecule has 0 bridgehead atoms. The van der Waals surface area contributed by atoms with E-state index in [2.05, 4.69) is 34.7 Å². The Morgan fingerprint density at radius 1 is 1.15 bits per heavy atom. The molecule has 0 amide bonds. The van der Waals surface area contributed by atoms with E-state index in [-0.39, 0.29) is 29.4 Å². The summed E-state index contributed by atoms with van der Waals surface area (Å²) in [7, 11) is 0. The molecule has 1 aromatic heterocycles. The van der Waals surface area contributed by atoms with E-state index in [0.29, 0.717) is 6.54 Å². The van der Waals surface area contributed by atoms with E-state index in [4.69, 9.17) is 20.8 Å². The van der Waals surface area contributed by atoms with E-state index in [1.165, 1.54) is 5.56 Å². The van der Waals surface area contributed by atoms with Crippen molar-refractivity contribution in [3.8, 4) is 0 Å². The molecule has 3 rings (SSSR count). The van der Waals surface area contributed by atoms with E-state index in [9.17, 15) is 0 Å². The highest BCUT2D eigenvalue weighted by Gasteiger charge is 2.36. The van der Waals surface area contributed by atoms with Gasteiger partial charge in [-0.3, -0.25) is 0 Å². The first-order chi connectivity index (χ1) is 12.7. The number of nitrogens with one attached hydrogen (secondary N) is 2. The number of hydrogen-bond acceptors (Lipinski definition) is 3. The molecule has 0 atom stereocenters. The van der Waals surface area contributed by atoms with Crippen molar-refractivity contribution in [1.82, 2.24) is 10.6 Å². The van der Waals surface area contributed by atoms with Gasteiger partial charge in [-0.25, -0.2) is 4.99 Å². The van der Waals surface area contributed by atoms with Crippen molar-refractivity contribution in [3.05, 3.63) is 59.0 Å². The van der Waals surface area contributed by atoms with Crippen molar-refractivity contribution in [2.24, 2.45) is 4.99 Å². The molecular weight excluding hydrogens is 477 g/mol. The molecule has 148 valence electrons.